The molecule has 1 heterocycles. The first kappa shape index (κ1) is 17.6. The van der Waals surface area contributed by atoms with Crippen LogP contribution in [-0.2, 0) is 0 Å². The summed E-state index contributed by atoms with van der Waals surface area (Å²) in [5.41, 5.74) is 2.32. The zero-order valence-electron chi connectivity index (χ0n) is 14.6. The minimum atomic E-state index is -0.499. The van der Waals surface area contributed by atoms with Crippen LogP contribution in [0.25, 0.3) is 0 Å². The van der Waals surface area contributed by atoms with Gasteiger partial charge >= 0.3 is 0 Å². The van der Waals surface area contributed by atoms with Crippen LogP contribution in [0.15, 0.2) is 48.5 Å². The summed E-state index contributed by atoms with van der Waals surface area (Å²) in [4.78, 5) is 4.56. The van der Waals surface area contributed by atoms with Crippen LogP contribution in [0, 0.1) is 6.92 Å². The molecule has 0 aliphatic carbocycles. The maximum absolute atomic E-state index is 10.2. The molecular weight excluding hydrogens is 316 g/mol. The number of anilines is 1. The van der Waals surface area contributed by atoms with Gasteiger partial charge in [0.05, 0.1) is 0 Å². The summed E-state index contributed by atoms with van der Waals surface area (Å²) >= 11 is 0. The summed E-state index contributed by atoms with van der Waals surface area (Å²) in [6, 6.07) is 15.2. The molecule has 1 fully saturated rings. The molecule has 1 atom stereocenters. The number of phenols is 1. The number of benzene rings is 2. The van der Waals surface area contributed by atoms with Crippen LogP contribution < -0.4 is 9.64 Å². The van der Waals surface area contributed by atoms with Crippen molar-refractivity contribution >= 4 is 5.69 Å². The molecule has 0 amide bonds. The van der Waals surface area contributed by atoms with Crippen LogP contribution in [-0.4, -0.2) is 60.5 Å². The highest BCUT2D eigenvalue weighted by Gasteiger charge is 2.19. The average Bonchev–Trinajstić information content (AvgIpc) is 2.63. The van der Waals surface area contributed by atoms with Crippen LogP contribution in [0.5, 0.6) is 11.5 Å². The SMILES string of the molecule is Cc1ccc(OCC(O)CN2CCN(c3ccc(O)cc3)CC2)cc1. The van der Waals surface area contributed by atoms with Crippen LogP contribution in [0.4, 0.5) is 5.69 Å². The summed E-state index contributed by atoms with van der Waals surface area (Å²) < 4.78 is 5.66. The van der Waals surface area contributed by atoms with Gasteiger partial charge in [0.1, 0.15) is 24.2 Å². The van der Waals surface area contributed by atoms with Crippen LogP contribution >= 0.6 is 0 Å². The van der Waals surface area contributed by atoms with Gasteiger partial charge < -0.3 is 19.8 Å². The number of nitrogens with zero attached hydrogens (tertiary/aromatic N) is 2. The number of rotatable bonds is 6. The molecule has 2 N–H and O–H groups in total. The van der Waals surface area contributed by atoms with Crippen molar-refractivity contribution in [2.24, 2.45) is 0 Å². The smallest absolute Gasteiger partial charge is 0.119 e. The second kappa shape index (κ2) is 8.23. The fourth-order valence-electron chi connectivity index (χ4n) is 3.03. The van der Waals surface area contributed by atoms with E-state index in [2.05, 4.69) is 9.80 Å². The third-order valence-electron chi connectivity index (χ3n) is 4.52. The number of hydrogen-bond donors (Lipinski definition) is 2. The van der Waals surface area contributed by atoms with Gasteiger partial charge in [0, 0.05) is 38.4 Å². The molecule has 25 heavy (non-hydrogen) atoms. The number of aliphatic hydroxyl groups excluding tert-OH is 1. The number of ether oxygens (including phenoxy) is 1. The van der Waals surface area contributed by atoms with Gasteiger partial charge in [-0.2, -0.15) is 0 Å². The van der Waals surface area contributed by atoms with Gasteiger partial charge in [-0.1, -0.05) is 17.7 Å². The highest BCUT2D eigenvalue weighted by Crippen LogP contribution is 2.20. The summed E-state index contributed by atoms with van der Waals surface area (Å²) in [6.07, 6.45) is -0.499. The largest absolute Gasteiger partial charge is 0.508 e. The first-order valence-electron chi connectivity index (χ1n) is 8.74. The molecule has 5 nitrogen and oxygen atoms in total. The molecule has 3 rings (SSSR count). The third-order valence-corrected chi connectivity index (χ3v) is 4.52. The van der Waals surface area contributed by atoms with Crippen molar-refractivity contribution < 1.29 is 14.9 Å². The second-order valence-corrected chi connectivity index (χ2v) is 6.58. The van der Waals surface area contributed by atoms with E-state index in [-0.39, 0.29) is 0 Å². The molecule has 1 unspecified atom stereocenters. The number of β-amino-alcohol motifs (C(OH)–C–C–N with tert-alkyl or cyclic N) is 1. The fourth-order valence-corrected chi connectivity index (χ4v) is 3.03. The molecule has 1 aliphatic rings. The molecule has 1 saturated heterocycles. The Bertz CT molecular complexity index is 650. The molecule has 1 aliphatic heterocycles. The van der Waals surface area contributed by atoms with Crippen LogP contribution in [0.3, 0.4) is 0 Å². The topological polar surface area (TPSA) is 56.2 Å². The number of piperazine rings is 1. The Morgan fingerprint density at radius 1 is 0.960 bits per heavy atom. The maximum Gasteiger partial charge on any atom is 0.119 e. The number of aliphatic hydroxyl groups is 1. The summed E-state index contributed by atoms with van der Waals surface area (Å²) in [6.45, 7) is 6.60. The lowest BCUT2D eigenvalue weighted by Crippen LogP contribution is -2.49. The van der Waals surface area contributed by atoms with Gasteiger partial charge in [0.15, 0.2) is 0 Å². The standard InChI is InChI=1S/C20H26N2O3/c1-16-2-8-20(9-3-16)25-15-19(24)14-21-10-12-22(13-11-21)17-4-6-18(23)7-5-17/h2-9,19,23-24H,10-15H2,1H3. The lowest BCUT2D eigenvalue weighted by molar-refractivity contribution is 0.0663. The number of aromatic hydroxyl groups is 1. The summed E-state index contributed by atoms with van der Waals surface area (Å²) in [7, 11) is 0. The van der Waals surface area contributed by atoms with Crippen molar-refractivity contribution in [3.8, 4) is 11.5 Å². The lowest BCUT2D eigenvalue weighted by atomic mass is 10.2. The van der Waals surface area contributed by atoms with Crippen molar-refractivity contribution in [2.45, 2.75) is 13.0 Å². The number of phenolic OH excluding ortho intramolecular Hbond substituents is 1. The predicted octanol–water partition coefficient (Wildman–Crippen LogP) is 2.26. The minimum Gasteiger partial charge on any atom is -0.508 e. The average molecular weight is 342 g/mol. The molecular formula is C20H26N2O3. The van der Waals surface area contributed by atoms with E-state index in [4.69, 9.17) is 4.74 Å². The zero-order chi connectivity index (χ0) is 17.6. The Hall–Kier alpha value is -2.24. The first-order valence-corrected chi connectivity index (χ1v) is 8.74. The monoisotopic (exact) mass is 342 g/mol. The van der Waals surface area contributed by atoms with E-state index in [1.165, 1.54) is 5.56 Å². The molecule has 5 heteroatoms. The van der Waals surface area contributed by atoms with Crippen molar-refractivity contribution in [3.63, 3.8) is 0 Å². The third kappa shape index (κ3) is 5.11. The molecule has 0 spiro atoms. The Balaban J connectivity index is 1.40. The van der Waals surface area contributed by atoms with Gasteiger partial charge in [0.2, 0.25) is 0 Å². The normalized spacial score (nSPS) is 16.6. The molecule has 0 radical (unpaired) electrons. The van der Waals surface area contributed by atoms with Crippen LogP contribution in [0.1, 0.15) is 5.56 Å². The molecule has 0 aromatic heterocycles. The lowest BCUT2D eigenvalue weighted by Gasteiger charge is -2.36. The highest BCUT2D eigenvalue weighted by atomic mass is 16.5. The van der Waals surface area contributed by atoms with E-state index in [9.17, 15) is 10.2 Å². The van der Waals surface area contributed by atoms with Crippen molar-refractivity contribution in [2.75, 3.05) is 44.2 Å². The van der Waals surface area contributed by atoms with Crippen molar-refractivity contribution in [1.82, 2.24) is 4.90 Å². The van der Waals surface area contributed by atoms with Gasteiger partial charge in [-0.15, -0.1) is 0 Å². The fraction of sp³-hybridized carbons (Fsp3) is 0.400. The van der Waals surface area contributed by atoms with Crippen molar-refractivity contribution in [3.05, 3.63) is 54.1 Å². The van der Waals surface area contributed by atoms with Crippen LogP contribution in [0.2, 0.25) is 0 Å². The molecule has 134 valence electrons. The maximum atomic E-state index is 10.2. The number of aryl methyl sites for hydroxylation is 1. The van der Waals surface area contributed by atoms with Gasteiger partial charge in [0.25, 0.3) is 0 Å². The predicted molar refractivity (Wildman–Crippen MR) is 99.4 cm³/mol. The molecule has 2 aromatic rings. The highest BCUT2D eigenvalue weighted by molar-refractivity contribution is 5.49. The van der Waals surface area contributed by atoms with E-state index < -0.39 is 6.10 Å². The van der Waals surface area contributed by atoms with E-state index in [0.717, 1.165) is 37.6 Å². The first-order chi connectivity index (χ1) is 12.1. The van der Waals surface area contributed by atoms with Crippen molar-refractivity contribution in [1.29, 1.82) is 0 Å². The van der Waals surface area contributed by atoms with Gasteiger partial charge in [-0.05, 0) is 43.3 Å². The minimum absolute atomic E-state index is 0.291. The number of hydrogen-bond acceptors (Lipinski definition) is 5. The van der Waals surface area contributed by atoms with E-state index in [1.807, 2.05) is 43.3 Å². The summed E-state index contributed by atoms with van der Waals surface area (Å²) in [5, 5.41) is 19.6. The molecule has 0 bridgehead atoms. The summed E-state index contributed by atoms with van der Waals surface area (Å²) in [5.74, 6) is 1.08. The Morgan fingerprint density at radius 3 is 2.24 bits per heavy atom. The quantitative estimate of drug-likeness (QED) is 0.843. The second-order valence-electron chi connectivity index (χ2n) is 6.58. The molecule has 0 saturated carbocycles. The Labute approximate surface area is 149 Å². The van der Waals surface area contributed by atoms with E-state index >= 15 is 0 Å². The Kier molecular flexibility index (Phi) is 5.79. The zero-order valence-corrected chi connectivity index (χ0v) is 14.6. The van der Waals surface area contributed by atoms with Gasteiger partial charge in [-0.3, -0.25) is 4.90 Å². The van der Waals surface area contributed by atoms with Gasteiger partial charge in [-0.25, -0.2) is 0 Å². The molecule has 2 aromatic carbocycles. The van der Waals surface area contributed by atoms with E-state index in [0.29, 0.717) is 18.9 Å². The van der Waals surface area contributed by atoms with E-state index in [1.54, 1.807) is 12.1 Å². The Morgan fingerprint density at radius 2 is 1.60 bits per heavy atom.